The standard InChI is InChI=1S/C8H9N/c1-2-3-8-4-6-9-7-5-8/h2-7H,1H3/b3-2+. The molecule has 1 heteroatoms. The van der Waals surface area contributed by atoms with Crippen molar-refractivity contribution in [3.63, 3.8) is 0 Å². The van der Waals surface area contributed by atoms with Crippen molar-refractivity contribution < 1.29 is 0 Å². The zero-order chi connectivity index (χ0) is 6.53. The molecule has 1 aromatic rings. The number of rotatable bonds is 1. The normalized spacial score (nSPS) is 10.3. The van der Waals surface area contributed by atoms with E-state index in [1.165, 1.54) is 5.56 Å². The van der Waals surface area contributed by atoms with E-state index in [1.54, 1.807) is 12.4 Å². The third-order valence-corrected chi connectivity index (χ3v) is 1.07. The van der Waals surface area contributed by atoms with E-state index >= 15 is 0 Å². The first kappa shape index (κ1) is 6.02. The van der Waals surface area contributed by atoms with Gasteiger partial charge in [-0.1, -0.05) is 12.2 Å². The van der Waals surface area contributed by atoms with Gasteiger partial charge in [0.2, 0.25) is 0 Å². The number of allylic oxidation sites excluding steroid dienone is 1. The summed E-state index contributed by atoms with van der Waals surface area (Å²) >= 11 is 0. The van der Waals surface area contributed by atoms with E-state index in [1.807, 2.05) is 31.2 Å². The van der Waals surface area contributed by atoms with Crippen LogP contribution in [0.1, 0.15) is 12.5 Å². The van der Waals surface area contributed by atoms with Crippen LogP contribution in [-0.4, -0.2) is 4.98 Å². The predicted octanol–water partition coefficient (Wildman–Crippen LogP) is 2.11. The van der Waals surface area contributed by atoms with Crippen LogP contribution in [0.3, 0.4) is 0 Å². The van der Waals surface area contributed by atoms with Crippen LogP contribution in [-0.2, 0) is 0 Å². The van der Waals surface area contributed by atoms with Crippen LogP contribution in [0.15, 0.2) is 30.6 Å². The first-order chi connectivity index (χ1) is 4.43. The Morgan fingerprint density at radius 2 is 2.00 bits per heavy atom. The molecule has 0 N–H and O–H groups in total. The van der Waals surface area contributed by atoms with Gasteiger partial charge in [-0.25, -0.2) is 0 Å². The van der Waals surface area contributed by atoms with Crippen molar-refractivity contribution in [3.05, 3.63) is 36.2 Å². The van der Waals surface area contributed by atoms with E-state index in [-0.39, 0.29) is 0 Å². The van der Waals surface area contributed by atoms with Crippen molar-refractivity contribution in [2.45, 2.75) is 6.92 Å². The Bertz CT molecular complexity index is 189. The van der Waals surface area contributed by atoms with Gasteiger partial charge in [0.05, 0.1) is 0 Å². The molecular weight excluding hydrogens is 110 g/mol. The number of hydrogen-bond donors (Lipinski definition) is 0. The lowest BCUT2D eigenvalue weighted by molar-refractivity contribution is 1.32. The fourth-order valence-electron chi connectivity index (χ4n) is 0.667. The lowest BCUT2D eigenvalue weighted by Crippen LogP contribution is -1.70. The third kappa shape index (κ3) is 1.68. The van der Waals surface area contributed by atoms with Crippen LogP contribution in [0.4, 0.5) is 0 Å². The summed E-state index contributed by atoms with van der Waals surface area (Å²) in [6.07, 6.45) is 7.63. The second-order valence-corrected chi connectivity index (χ2v) is 1.78. The van der Waals surface area contributed by atoms with Gasteiger partial charge < -0.3 is 0 Å². The molecule has 0 saturated heterocycles. The first-order valence-corrected chi connectivity index (χ1v) is 2.96. The molecule has 0 unspecified atom stereocenters. The molecule has 0 aliphatic rings. The van der Waals surface area contributed by atoms with E-state index in [9.17, 15) is 0 Å². The quantitative estimate of drug-likeness (QED) is 0.551. The molecule has 0 aromatic carbocycles. The summed E-state index contributed by atoms with van der Waals surface area (Å²) in [7, 11) is 0. The molecule has 0 aliphatic carbocycles. The maximum absolute atomic E-state index is 3.89. The SMILES string of the molecule is C/C=C/c1ccncc1. The lowest BCUT2D eigenvalue weighted by Gasteiger charge is -1.86. The third-order valence-electron chi connectivity index (χ3n) is 1.07. The van der Waals surface area contributed by atoms with Gasteiger partial charge in [0, 0.05) is 12.4 Å². The highest BCUT2D eigenvalue weighted by Gasteiger charge is 1.78. The first-order valence-electron chi connectivity index (χ1n) is 2.96. The van der Waals surface area contributed by atoms with Crippen LogP contribution in [0.2, 0.25) is 0 Å². The highest BCUT2D eigenvalue weighted by molar-refractivity contribution is 5.47. The molecule has 0 amide bonds. The summed E-state index contributed by atoms with van der Waals surface area (Å²) in [5, 5.41) is 0. The molecule has 1 nitrogen and oxygen atoms in total. The molecule has 1 rings (SSSR count). The summed E-state index contributed by atoms with van der Waals surface area (Å²) in [4.78, 5) is 3.89. The van der Waals surface area contributed by atoms with Gasteiger partial charge in [0.15, 0.2) is 0 Å². The zero-order valence-electron chi connectivity index (χ0n) is 5.41. The molecule has 0 bridgehead atoms. The maximum atomic E-state index is 3.89. The monoisotopic (exact) mass is 119 g/mol. The van der Waals surface area contributed by atoms with Gasteiger partial charge in [0.25, 0.3) is 0 Å². The van der Waals surface area contributed by atoms with Crippen LogP contribution in [0.5, 0.6) is 0 Å². The maximum Gasteiger partial charge on any atom is 0.0273 e. The molecule has 0 fully saturated rings. The zero-order valence-corrected chi connectivity index (χ0v) is 5.41. The molecule has 0 radical (unpaired) electrons. The molecule has 1 aromatic heterocycles. The number of pyridine rings is 1. The van der Waals surface area contributed by atoms with Crippen molar-refractivity contribution in [3.8, 4) is 0 Å². The van der Waals surface area contributed by atoms with Gasteiger partial charge in [0.1, 0.15) is 0 Å². The van der Waals surface area contributed by atoms with E-state index < -0.39 is 0 Å². The Hall–Kier alpha value is -1.11. The van der Waals surface area contributed by atoms with Crippen LogP contribution >= 0.6 is 0 Å². The fraction of sp³-hybridized carbons (Fsp3) is 0.125. The topological polar surface area (TPSA) is 12.9 Å². The highest BCUT2D eigenvalue weighted by atomic mass is 14.6. The molecular formula is C8H9N. The summed E-state index contributed by atoms with van der Waals surface area (Å²) in [6, 6.07) is 3.94. The largest absolute Gasteiger partial charge is 0.265 e. The average Bonchev–Trinajstić information content (AvgIpc) is 1.91. The molecule has 0 spiro atoms. The highest BCUT2D eigenvalue weighted by Crippen LogP contribution is 1.97. The van der Waals surface area contributed by atoms with Gasteiger partial charge >= 0.3 is 0 Å². The second-order valence-electron chi connectivity index (χ2n) is 1.78. The fourth-order valence-corrected chi connectivity index (χ4v) is 0.667. The number of nitrogens with zero attached hydrogens (tertiary/aromatic N) is 1. The molecule has 46 valence electrons. The van der Waals surface area contributed by atoms with Gasteiger partial charge in [-0.05, 0) is 24.6 Å². The summed E-state index contributed by atoms with van der Waals surface area (Å²) < 4.78 is 0. The molecule has 0 saturated carbocycles. The van der Waals surface area contributed by atoms with E-state index in [0.29, 0.717) is 0 Å². The van der Waals surface area contributed by atoms with Crippen LogP contribution < -0.4 is 0 Å². The van der Waals surface area contributed by atoms with Gasteiger partial charge in [-0.2, -0.15) is 0 Å². The van der Waals surface area contributed by atoms with Gasteiger partial charge in [-0.3, -0.25) is 4.98 Å². The minimum atomic E-state index is 1.20. The Kier molecular flexibility index (Phi) is 2.02. The van der Waals surface area contributed by atoms with Crippen molar-refractivity contribution in [2.24, 2.45) is 0 Å². The smallest absolute Gasteiger partial charge is 0.0273 e. The Morgan fingerprint density at radius 3 is 2.56 bits per heavy atom. The number of hydrogen-bond acceptors (Lipinski definition) is 1. The lowest BCUT2D eigenvalue weighted by atomic mass is 10.2. The van der Waals surface area contributed by atoms with E-state index in [2.05, 4.69) is 4.98 Å². The van der Waals surface area contributed by atoms with Crippen molar-refractivity contribution in [1.29, 1.82) is 0 Å². The Labute approximate surface area is 55.1 Å². The Morgan fingerprint density at radius 1 is 1.33 bits per heavy atom. The summed E-state index contributed by atoms with van der Waals surface area (Å²) in [6.45, 7) is 2.00. The minimum Gasteiger partial charge on any atom is -0.265 e. The van der Waals surface area contributed by atoms with Crippen molar-refractivity contribution >= 4 is 6.08 Å². The summed E-state index contributed by atoms with van der Waals surface area (Å²) in [5.41, 5.74) is 1.20. The average molecular weight is 119 g/mol. The van der Waals surface area contributed by atoms with Gasteiger partial charge in [-0.15, -0.1) is 0 Å². The molecule has 0 atom stereocenters. The van der Waals surface area contributed by atoms with E-state index in [4.69, 9.17) is 0 Å². The number of aromatic nitrogens is 1. The Balaban J connectivity index is 2.85. The molecule has 0 aliphatic heterocycles. The summed E-state index contributed by atoms with van der Waals surface area (Å²) in [5.74, 6) is 0. The van der Waals surface area contributed by atoms with Crippen LogP contribution in [0.25, 0.3) is 6.08 Å². The molecule has 1 heterocycles. The van der Waals surface area contributed by atoms with Crippen LogP contribution in [0, 0.1) is 0 Å². The van der Waals surface area contributed by atoms with Crippen molar-refractivity contribution in [1.82, 2.24) is 4.98 Å². The second kappa shape index (κ2) is 3.02. The van der Waals surface area contributed by atoms with Crippen molar-refractivity contribution in [2.75, 3.05) is 0 Å². The minimum absolute atomic E-state index is 1.20. The van der Waals surface area contributed by atoms with E-state index in [0.717, 1.165) is 0 Å². The predicted molar refractivity (Wildman–Crippen MR) is 38.9 cm³/mol. The molecule has 9 heavy (non-hydrogen) atoms.